The Bertz CT molecular complexity index is 569. The van der Waals surface area contributed by atoms with Gasteiger partial charge in [-0.05, 0) is 6.07 Å². The highest BCUT2D eigenvalue weighted by molar-refractivity contribution is 5.88. The van der Waals surface area contributed by atoms with Crippen LogP contribution in [0.5, 0.6) is 0 Å². The van der Waals surface area contributed by atoms with Gasteiger partial charge >= 0.3 is 11.4 Å². The lowest BCUT2D eigenvalue weighted by molar-refractivity contribution is -0.422. The molecule has 0 aromatic heterocycles. The monoisotopic (exact) mass is 268 g/mol. The molecule has 0 heterocycles. The number of nitrogens with one attached hydrogen (secondary N) is 1. The summed E-state index contributed by atoms with van der Waals surface area (Å²) in [6.45, 7) is 0. The Balaban J connectivity index is 3.25. The summed E-state index contributed by atoms with van der Waals surface area (Å²) in [7, 11) is 0. The summed E-state index contributed by atoms with van der Waals surface area (Å²) in [5.74, 6) is -0.440. The molecule has 0 atom stereocenters. The molecule has 0 fully saturated rings. The normalized spacial score (nSPS) is 11.5. The SMILES string of the molecule is N/C(=N\N=C\c1cccc([N+](=O)[O-])c1[N+](=O)[O-])NO. The van der Waals surface area contributed by atoms with Crippen LogP contribution in [0, 0.1) is 20.2 Å². The number of benzene rings is 1. The van der Waals surface area contributed by atoms with Crippen LogP contribution in [0.15, 0.2) is 28.4 Å². The molecule has 1 aromatic rings. The summed E-state index contributed by atoms with van der Waals surface area (Å²) in [5.41, 5.74) is 5.05. The van der Waals surface area contributed by atoms with Crippen molar-refractivity contribution in [2.75, 3.05) is 0 Å². The predicted molar refractivity (Wildman–Crippen MR) is 63.9 cm³/mol. The molecule has 11 nitrogen and oxygen atoms in total. The second kappa shape index (κ2) is 6.02. The fourth-order valence-electron chi connectivity index (χ4n) is 1.17. The minimum absolute atomic E-state index is 0.117. The van der Waals surface area contributed by atoms with Gasteiger partial charge in [-0.25, -0.2) is 5.48 Å². The third kappa shape index (κ3) is 3.44. The van der Waals surface area contributed by atoms with E-state index < -0.39 is 27.2 Å². The highest BCUT2D eigenvalue weighted by atomic mass is 16.6. The first-order chi connectivity index (χ1) is 8.97. The van der Waals surface area contributed by atoms with Crippen LogP contribution in [0.3, 0.4) is 0 Å². The maximum atomic E-state index is 10.8. The molecule has 19 heavy (non-hydrogen) atoms. The van der Waals surface area contributed by atoms with Crippen molar-refractivity contribution >= 4 is 23.5 Å². The van der Waals surface area contributed by atoms with E-state index in [1.54, 1.807) is 0 Å². The van der Waals surface area contributed by atoms with Crippen LogP contribution in [0.25, 0.3) is 0 Å². The minimum atomic E-state index is -0.892. The Morgan fingerprint density at radius 3 is 2.58 bits per heavy atom. The van der Waals surface area contributed by atoms with Crippen LogP contribution in [-0.4, -0.2) is 27.2 Å². The Morgan fingerprint density at radius 1 is 1.37 bits per heavy atom. The van der Waals surface area contributed by atoms with Gasteiger partial charge in [0.25, 0.3) is 0 Å². The van der Waals surface area contributed by atoms with E-state index in [2.05, 4.69) is 10.2 Å². The van der Waals surface area contributed by atoms with Crippen LogP contribution in [0.1, 0.15) is 5.56 Å². The lowest BCUT2D eigenvalue weighted by Gasteiger charge is -1.97. The molecule has 1 aromatic carbocycles. The maximum Gasteiger partial charge on any atom is 0.354 e. The van der Waals surface area contributed by atoms with Crippen molar-refractivity contribution in [2.45, 2.75) is 0 Å². The quantitative estimate of drug-likeness (QED) is 0.301. The number of hydrogen-bond donors (Lipinski definition) is 3. The molecular weight excluding hydrogens is 260 g/mol. The van der Waals surface area contributed by atoms with E-state index >= 15 is 0 Å². The summed E-state index contributed by atoms with van der Waals surface area (Å²) in [6.07, 6.45) is 0.912. The highest BCUT2D eigenvalue weighted by Crippen LogP contribution is 2.29. The van der Waals surface area contributed by atoms with Crippen molar-refractivity contribution in [3.05, 3.63) is 44.0 Å². The van der Waals surface area contributed by atoms with E-state index in [9.17, 15) is 20.2 Å². The number of nitro benzene ring substituents is 2. The molecule has 100 valence electrons. The largest absolute Gasteiger partial charge is 0.367 e. The molecule has 11 heteroatoms. The van der Waals surface area contributed by atoms with Crippen molar-refractivity contribution in [1.82, 2.24) is 5.48 Å². The van der Waals surface area contributed by atoms with Gasteiger partial charge in [-0.1, -0.05) is 6.07 Å². The number of rotatable bonds is 4. The number of hydroxylamine groups is 1. The molecule has 0 amide bonds. The van der Waals surface area contributed by atoms with E-state index in [0.717, 1.165) is 12.3 Å². The van der Waals surface area contributed by atoms with E-state index in [1.165, 1.54) is 17.6 Å². The number of nitrogens with zero attached hydrogens (tertiary/aromatic N) is 4. The van der Waals surface area contributed by atoms with Gasteiger partial charge in [-0.2, -0.15) is 5.10 Å². The van der Waals surface area contributed by atoms with Gasteiger partial charge in [-0.3, -0.25) is 25.4 Å². The van der Waals surface area contributed by atoms with Gasteiger partial charge in [0.2, 0.25) is 5.96 Å². The minimum Gasteiger partial charge on any atom is -0.367 e. The Kier molecular flexibility index (Phi) is 4.43. The summed E-state index contributed by atoms with van der Waals surface area (Å²) >= 11 is 0. The van der Waals surface area contributed by atoms with E-state index in [4.69, 9.17) is 10.9 Å². The number of nitrogens with two attached hydrogens (primary N) is 1. The van der Waals surface area contributed by atoms with Gasteiger partial charge in [-0.15, -0.1) is 5.10 Å². The summed E-state index contributed by atoms with van der Waals surface area (Å²) < 4.78 is 0. The zero-order chi connectivity index (χ0) is 14.4. The standard InChI is InChI=1S/C8H8N6O5/c9-8(12-15)11-10-4-5-2-1-3-6(13(16)17)7(5)14(18)19/h1-4,15H,(H3,9,11,12)/b10-4+. The van der Waals surface area contributed by atoms with Crippen molar-refractivity contribution in [3.63, 3.8) is 0 Å². The molecule has 4 N–H and O–H groups in total. The average Bonchev–Trinajstić information content (AvgIpc) is 2.37. The molecule has 0 aliphatic rings. The van der Waals surface area contributed by atoms with Crippen LogP contribution in [-0.2, 0) is 0 Å². The van der Waals surface area contributed by atoms with Crippen LogP contribution in [0.4, 0.5) is 11.4 Å². The Hall–Kier alpha value is -3.08. The van der Waals surface area contributed by atoms with Gasteiger partial charge < -0.3 is 5.73 Å². The van der Waals surface area contributed by atoms with Crippen LogP contribution < -0.4 is 11.2 Å². The van der Waals surface area contributed by atoms with Gasteiger partial charge in [0.05, 0.1) is 21.6 Å². The van der Waals surface area contributed by atoms with Crippen molar-refractivity contribution < 1.29 is 15.1 Å². The maximum absolute atomic E-state index is 10.8. The smallest absolute Gasteiger partial charge is 0.354 e. The zero-order valence-electron chi connectivity index (χ0n) is 9.26. The Labute approximate surface area is 105 Å². The van der Waals surface area contributed by atoms with Crippen molar-refractivity contribution in [3.8, 4) is 0 Å². The zero-order valence-corrected chi connectivity index (χ0v) is 9.26. The molecule has 0 spiro atoms. The molecular formula is C8H8N6O5. The predicted octanol–water partition coefficient (Wildman–Crippen LogP) is 0.130. The van der Waals surface area contributed by atoms with Crippen LogP contribution in [0.2, 0.25) is 0 Å². The fourth-order valence-corrected chi connectivity index (χ4v) is 1.17. The summed E-state index contributed by atoms with van der Waals surface area (Å²) in [6, 6.07) is 3.53. The number of hydrogen-bond acceptors (Lipinski definition) is 7. The highest BCUT2D eigenvalue weighted by Gasteiger charge is 2.27. The molecule has 0 bridgehead atoms. The molecule has 0 unspecified atom stereocenters. The van der Waals surface area contributed by atoms with Crippen molar-refractivity contribution in [2.24, 2.45) is 15.9 Å². The first-order valence-corrected chi connectivity index (χ1v) is 4.65. The second-order valence-corrected chi connectivity index (χ2v) is 3.07. The van der Waals surface area contributed by atoms with Gasteiger partial charge in [0.1, 0.15) is 0 Å². The number of nitro groups is 2. The van der Waals surface area contributed by atoms with E-state index in [1.807, 2.05) is 0 Å². The summed E-state index contributed by atoms with van der Waals surface area (Å²) in [4.78, 5) is 19.7. The number of para-hydroxylation sites is 1. The topological polar surface area (TPSA) is 169 Å². The number of guanidine groups is 1. The summed E-state index contributed by atoms with van der Waals surface area (Å²) in [5, 5.41) is 36.4. The Morgan fingerprint density at radius 2 is 2.05 bits per heavy atom. The molecule has 1 rings (SSSR count). The van der Waals surface area contributed by atoms with Crippen molar-refractivity contribution in [1.29, 1.82) is 0 Å². The fraction of sp³-hybridized carbons (Fsp3) is 0. The molecule has 0 aliphatic heterocycles. The molecule has 0 radical (unpaired) electrons. The molecule has 0 saturated heterocycles. The van der Waals surface area contributed by atoms with Crippen LogP contribution >= 0.6 is 0 Å². The lowest BCUT2D eigenvalue weighted by atomic mass is 10.1. The lowest BCUT2D eigenvalue weighted by Crippen LogP contribution is -2.27. The molecule has 0 saturated carbocycles. The first-order valence-electron chi connectivity index (χ1n) is 4.65. The first kappa shape index (κ1) is 14.0. The average molecular weight is 268 g/mol. The third-order valence-electron chi connectivity index (χ3n) is 1.90. The van der Waals surface area contributed by atoms with E-state index in [-0.39, 0.29) is 5.56 Å². The second-order valence-electron chi connectivity index (χ2n) is 3.07. The third-order valence-corrected chi connectivity index (χ3v) is 1.90. The van der Waals surface area contributed by atoms with Gasteiger partial charge in [0, 0.05) is 6.07 Å². The van der Waals surface area contributed by atoms with E-state index in [0.29, 0.717) is 0 Å². The molecule has 0 aliphatic carbocycles. The van der Waals surface area contributed by atoms with Gasteiger partial charge in [0.15, 0.2) is 0 Å².